The van der Waals surface area contributed by atoms with Crippen molar-refractivity contribution in [3.05, 3.63) is 28.8 Å². The highest BCUT2D eigenvalue weighted by Crippen LogP contribution is 2.45. The molecule has 0 heterocycles. The lowest BCUT2D eigenvalue weighted by Gasteiger charge is -2.23. The number of anilines is 1. The van der Waals surface area contributed by atoms with Gasteiger partial charge in [0.05, 0.1) is 11.9 Å². The van der Waals surface area contributed by atoms with Crippen molar-refractivity contribution in [2.75, 3.05) is 17.1 Å². The topological polar surface area (TPSA) is 37.4 Å². The molecule has 94 valence electrons. The third-order valence-corrected chi connectivity index (χ3v) is 4.46. The summed E-state index contributed by atoms with van der Waals surface area (Å²) in [5.41, 5.74) is 1.84. The molecule has 5 heteroatoms. The fourth-order valence-electron chi connectivity index (χ4n) is 2.06. The second-order valence-corrected chi connectivity index (χ2v) is 6.75. The van der Waals surface area contributed by atoms with Crippen molar-refractivity contribution in [2.24, 2.45) is 0 Å². The molecule has 0 aliphatic heterocycles. The first-order chi connectivity index (χ1) is 7.93. The van der Waals surface area contributed by atoms with Crippen molar-refractivity contribution in [2.45, 2.75) is 25.7 Å². The molecule has 1 aromatic carbocycles. The van der Waals surface area contributed by atoms with Crippen LogP contribution in [0.5, 0.6) is 0 Å². The summed E-state index contributed by atoms with van der Waals surface area (Å²) in [6.45, 7) is 2.26. The summed E-state index contributed by atoms with van der Waals surface area (Å²) in [6, 6.07) is 5.53. The molecule has 1 aliphatic carbocycles. The van der Waals surface area contributed by atoms with Crippen molar-refractivity contribution in [1.29, 1.82) is 0 Å². The van der Waals surface area contributed by atoms with Gasteiger partial charge in [-0.2, -0.15) is 0 Å². The van der Waals surface area contributed by atoms with Crippen LogP contribution < -0.4 is 4.31 Å². The smallest absolute Gasteiger partial charge is 0.232 e. The second-order valence-electron chi connectivity index (χ2n) is 4.41. The molecule has 0 saturated heterocycles. The van der Waals surface area contributed by atoms with E-state index in [1.807, 2.05) is 19.1 Å². The summed E-state index contributed by atoms with van der Waals surface area (Å²) >= 11 is 5.97. The van der Waals surface area contributed by atoms with Gasteiger partial charge in [-0.25, -0.2) is 8.42 Å². The van der Waals surface area contributed by atoms with Gasteiger partial charge in [0.15, 0.2) is 0 Å². The van der Waals surface area contributed by atoms with Gasteiger partial charge in [-0.3, -0.25) is 4.31 Å². The number of benzene rings is 1. The third-order valence-electron chi connectivity index (χ3n) is 2.97. The zero-order valence-corrected chi connectivity index (χ0v) is 11.6. The average Bonchev–Trinajstić information content (AvgIpc) is 3.00. The molecule has 3 nitrogen and oxygen atoms in total. The maximum Gasteiger partial charge on any atom is 0.232 e. The predicted molar refractivity (Wildman–Crippen MR) is 71.3 cm³/mol. The molecular formula is C12H16ClNO2S. The minimum Gasteiger partial charge on any atom is -0.270 e. The molecule has 1 fully saturated rings. The van der Waals surface area contributed by atoms with Gasteiger partial charge in [-0.1, -0.05) is 17.7 Å². The van der Waals surface area contributed by atoms with Crippen LogP contribution in [0.2, 0.25) is 5.02 Å². The van der Waals surface area contributed by atoms with Crippen molar-refractivity contribution >= 4 is 27.3 Å². The molecule has 1 aliphatic rings. The number of sulfonamides is 1. The maximum atomic E-state index is 11.8. The SMILES string of the molecule is CCN(c1cc(Cl)ccc1C1CC1)S(C)(=O)=O. The highest BCUT2D eigenvalue weighted by atomic mass is 35.5. The third kappa shape index (κ3) is 2.75. The zero-order valence-electron chi connectivity index (χ0n) is 9.98. The van der Waals surface area contributed by atoms with Crippen LogP contribution in [0.1, 0.15) is 31.2 Å². The zero-order chi connectivity index (χ0) is 12.6. The number of rotatable bonds is 4. The van der Waals surface area contributed by atoms with Gasteiger partial charge in [0.1, 0.15) is 0 Å². The lowest BCUT2D eigenvalue weighted by Crippen LogP contribution is -2.30. The fraction of sp³-hybridized carbons (Fsp3) is 0.500. The summed E-state index contributed by atoms with van der Waals surface area (Å²) in [5, 5.41) is 0.575. The van der Waals surface area contributed by atoms with Crippen LogP contribution in [0.3, 0.4) is 0 Å². The first-order valence-electron chi connectivity index (χ1n) is 5.70. The van der Waals surface area contributed by atoms with Crippen LogP contribution in [0.15, 0.2) is 18.2 Å². The quantitative estimate of drug-likeness (QED) is 0.846. The van der Waals surface area contributed by atoms with Gasteiger partial charge < -0.3 is 0 Å². The van der Waals surface area contributed by atoms with Gasteiger partial charge in [0, 0.05) is 11.6 Å². The van der Waals surface area contributed by atoms with Gasteiger partial charge in [-0.05, 0) is 43.4 Å². The average molecular weight is 274 g/mol. The Morgan fingerprint density at radius 1 is 1.41 bits per heavy atom. The normalized spacial score (nSPS) is 15.9. The van der Waals surface area contributed by atoms with Gasteiger partial charge in [0.25, 0.3) is 0 Å². The first kappa shape index (κ1) is 12.7. The Morgan fingerprint density at radius 3 is 2.53 bits per heavy atom. The summed E-state index contributed by atoms with van der Waals surface area (Å²) in [6.07, 6.45) is 3.50. The largest absolute Gasteiger partial charge is 0.270 e. The number of hydrogen-bond donors (Lipinski definition) is 0. The molecular weight excluding hydrogens is 258 g/mol. The van der Waals surface area contributed by atoms with E-state index in [4.69, 9.17) is 11.6 Å². The number of nitrogens with zero attached hydrogens (tertiary/aromatic N) is 1. The number of halogens is 1. The highest BCUT2D eigenvalue weighted by Gasteiger charge is 2.29. The molecule has 1 aromatic rings. The summed E-state index contributed by atoms with van der Waals surface area (Å²) in [4.78, 5) is 0. The van der Waals surface area contributed by atoms with E-state index in [1.54, 1.807) is 6.07 Å². The lowest BCUT2D eigenvalue weighted by molar-refractivity contribution is 0.597. The van der Waals surface area contributed by atoms with E-state index < -0.39 is 10.0 Å². The molecule has 0 atom stereocenters. The van der Waals surface area contributed by atoms with Crippen LogP contribution in [0, 0.1) is 0 Å². The molecule has 1 saturated carbocycles. The van der Waals surface area contributed by atoms with E-state index in [2.05, 4.69) is 0 Å². The Labute approximate surface area is 107 Å². The van der Waals surface area contributed by atoms with Crippen molar-refractivity contribution < 1.29 is 8.42 Å². The van der Waals surface area contributed by atoms with Crippen molar-refractivity contribution in [3.8, 4) is 0 Å². The van der Waals surface area contributed by atoms with Gasteiger partial charge in [-0.15, -0.1) is 0 Å². The predicted octanol–water partition coefficient (Wildman–Crippen LogP) is 3.00. The molecule has 2 rings (SSSR count). The molecule has 0 spiro atoms. The number of hydrogen-bond acceptors (Lipinski definition) is 2. The van der Waals surface area contributed by atoms with Crippen molar-refractivity contribution in [3.63, 3.8) is 0 Å². The monoisotopic (exact) mass is 273 g/mol. The highest BCUT2D eigenvalue weighted by molar-refractivity contribution is 7.92. The molecule has 0 amide bonds. The Bertz CT molecular complexity index is 523. The summed E-state index contributed by atoms with van der Waals surface area (Å²) in [7, 11) is -3.24. The van der Waals surface area contributed by atoms with Gasteiger partial charge in [0.2, 0.25) is 10.0 Å². The Balaban J connectivity index is 2.51. The summed E-state index contributed by atoms with van der Waals surface area (Å²) < 4.78 is 24.9. The Hall–Kier alpha value is -0.740. The van der Waals surface area contributed by atoms with Crippen LogP contribution in [-0.2, 0) is 10.0 Å². The molecule has 0 N–H and O–H groups in total. The standard InChI is InChI=1S/C12H16ClNO2S/c1-3-14(17(2,15)16)12-8-10(13)6-7-11(12)9-4-5-9/h6-9H,3-5H2,1-2H3. The van der Waals surface area contributed by atoms with E-state index in [0.29, 0.717) is 17.5 Å². The minimum atomic E-state index is -3.24. The summed E-state index contributed by atoms with van der Waals surface area (Å²) in [5.74, 6) is 0.498. The molecule has 0 unspecified atom stereocenters. The fourth-order valence-corrected chi connectivity index (χ4v) is 3.21. The van der Waals surface area contributed by atoms with Crippen LogP contribution in [0.25, 0.3) is 0 Å². The molecule has 0 bridgehead atoms. The van der Waals surface area contributed by atoms with Crippen LogP contribution >= 0.6 is 11.6 Å². The first-order valence-corrected chi connectivity index (χ1v) is 7.93. The molecule has 17 heavy (non-hydrogen) atoms. The van der Waals surface area contributed by atoms with E-state index in [9.17, 15) is 8.42 Å². The second kappa shape index (κ2) is 4.50. The van der Waals surface area contributed by atoms with E-state index in [-0.39, 0.29) is 0 Å². The van der Waals surface area contributed by atoms with Gasteiger partial charge >= 0.3 is 0 Å². The Morgan fingerprint density at radius 2 is 2.06 bits per heavy atom. The Kier molecular flexibility index (Phi) is 3.36. The van der Waals surface area contributed by atoms with E-state index in [1.165, 1.54) is 10.6 Å². The van der Waals surface area contributed by atoms with Crippen LogP contribution in [0.4, 0.5) is 5.69 Å². The molecule has 0 radical (unpaired) electrons. The van der Waals surface area contributed by atoms with E-state index >= 15 is 0 Å². The van der Waals surface area contributed by atoms with E-state index in [0.717, 1.165) is 24.1 Å². The maximum absolute atomic E-state index is 11.8. The van der Waals surface area contributed by atoms with Crippen molar-refractivity contribution in [1.82, 2.24) is 0 Å². The lowest BCUT2D eigenvalue weighted by atomic mass is 10.1. The minimum absolute atomic E-state index is 0.429. The molecule has 0 aromatic heterocycles. The van der Waals surface area contributed by atoms with Crippen LogP contribution in [-0.4, -0.2) is 21.2 Å².